The van der Waals surface area contributed by atoms with Gasteiger partial charge in [-0.25, -0.2) is 45.8 Å². The number of alkyl halides is 1. The molecular weight excluding hydrogens is 1420 g/mol. The minimum atomic E-state index is -4.10. The molecule has 0 bridgehead atoms. The topological polar surface area (TPSA) is 247 Å². The minimum Gasteiger partial charge on any atom is -0.449 e. The fourth-order valence-electron chi connectivity index (χ4n) is 23.3. The number of hydrogen-bond acceptors (Lipinski definition) is 16. The Morgan fingerprint density at radius 2 is 0.990 bits per heavy atom. The molecule has 18 nitrogen and oxygen atoms in total. The van der Waals surface area contributed by atoms with Crippen LogP contribution in [-0.2, 0) is 33.9 Å². The van der Waals surface area contributed by atoms with Gasteiger partial charge in [-0.15, -0.1) is 0 Å². The monoisotopic (exact) mass is 1550 g/mol. The third-order valence-electron chi connectivity index (χ3n) is 27.9. The zero-order valence-corrected chi connectivity index (χ0v) is 66.9. The first-order valence-electron chi connectivity index (χ1n) is 38.1. The summed E-state index contributed by atoms with van der Waals surface area (Å²) >= 11 is 2.15. The number of pyridine rings is 2. The lowest BCUT2D eigenvalue weighted by atomic mass is 9.41. The van der Waals surface area contributed by atoms with Crippen molar-refractivity contribution in [1.82, 2.24) is 19.4 Å². The van der Waals surface area contributed by atoms with E-state index in [0.29, 0.717) is 64.8 Å². The molecule has 2 saturated heterocycles. The Hall–Kier alpha value is -2.87. The standard InChI is InChI=1S/C39H65N3O5SSi.C35H55N3O6S.CH3I.CH4O.CH4/c1-9-29-33-23-26(2)17-19-39(33,5)32-18-20-38(4)30(14-15-31(38)35(32)36(29)47-49(6,7)8)27(3)25-46-37(43)41-48(44,45)28-13-16-34(40-24-28)42-21-11-10-12-22-42;1-5-25-29-19-23(39)13-15-35(29,4)28-14-16-34(3)26(10-11-27(34)31(28)32(25)40)22(2)21-44-33(41)37-45(42,43)24-9-12-30(36-20-24)38-17-7-6-8-18-38;2*1-2;/h13,16,24,26-27,29-33,35-36H,9-12,14-15,17-23,25H2,1-8H3,(H,41,43);9,12,20,22-23,25-29,31-32,39-40H,5-8,10-11,13-19,21H2,1-4H3,(H,37,41);1H3;2H,1H3;1H4/t26-,27-,29-,30-,31+,32+,33+,35+,36-,38-,39-;22-,23-,25-,26-,27+,28+,29+,31+,32-,34-,35-;;;/m11.../s1. The van der Waals surface area contributed by atoms with E-state index < -0.39 is 40.6 Å². The van der Waals surface area contributed by atoms with Gasteiger partial charge in [-0.3, -0.25) is 0 Å². The van der Waals surface area contributed by atoms with Crippen LogP contribution in [0.4, 0.5) is 21.2 Å². The molecule has 0 radical (unpaired) electrons. The van der Waals surface area contributed by atoms with Crippen LogP contribution >= 0.6 is 22.6 Å². The van der Waals surface area contributed by atoms with Crippen LogP contribution < -0.4 is 19.2 Å². The number of anilines is 2. The van der Waals surface area contributed by atoms with Crippen LogP contribution in [0.1, 0.15) is 211 Å². The van der Waals surface area contributed by atoms with Crippen LogP contribution in [0.2, 0.25) is 19.6 Å². The van der Waals surface area contributed by atoms with E-state index in [1.165, 1.54) is 82.3 Å². The number of aromatic nitrogens is 2. The van der Waals surface area contributed by atoms with Gasteiger partial charge in [-0.2, -0.15) is 0 Å². The Labute approximate surface area is 612 Å². The molecule has 0 aromatic carbocycles. The number of ether oxygens (including phenoxy) is 2. The maximum absolute atomic E-state index is 13.1. The Morgan fingerprint density at radius 1 is 0.586 bits per heavy atom. The van der Waals surface area contributed by atoms with E-state index in [9.17, 15) is 36.6 Å². The zero-order valence-electron chi connectivity index (χ0n) is 62.2. The molecule has 8 saturated carbocycles. The van der Waals surface area contributed by atoms with Crippen molar-refractivity contribution >= 4 is 74.8 Å². The van der Waals surface area contributed by atoms with Crippen LogP contribution in [-0.4, -0.2) is 132 Å². The number of carbonyl (C=O) groups excluding carboxylic acids is 2. The van der Waals surface area contributed by atoms with Crippen molar-refractivity contribution in [2.75, 3.05) is 61.2 Å². The van der Waals surface area contributed by atoms with Gasteiger partial charge in [0.2, 0.25) is 0 Å². The van der Waals surface area contributed by atoms with E-state index in [2.05, 4.69) is 134 Å². The van der Waals surface area contributed by atoms with Gasteiger partial charge in [0.25, 0.3) is 20.0 Å². The number of hydrogen-bond donors (Lipinski definition) is 5. The number of halogens is 1. The highest BCUT2D eigenvalue weighted by atomic mass is 127. The van der Waals surface area contributed by atoms with E-state index in [1.54, 1.807) is 12.1 Å². The van der Waals surface area contributed by atoms with Crippen LogP contribution in [0, 0.1) is 110 Å². The molecule has 99 heavy (non-hydrogen) atoms. The number of aliphatic hydroxyl groups excluding tert-OH is 3. The molecule has 564 valence electrons. The number of aliphatic hydroxyl groups is 3. The van der Waals surface area contributed by atoms with Crippen molar-refractivity contribution in [3.63, 3.8) is 0 Å². The van der Waals surface area contributed by atoms with Crippen molar-refractivity contribution < 1.29 is 55.6 Å². The molecule has 2 amide bonds. The third-order valence-corrected chi connectivity index (χ3v) is 31.4. The largest absolute Gasteiger partial charge is 0.449 e. The van der Waals surface area contributed by atoms with Crippen LogP contribution in [0.5, 0.6) is 0 Å². The second kappa shape index (κ2) is 33.7. The lowest BCUT2D eigenvalue weighted by Gasteiger charge is -2.66. The molecule has 10 aliphatic rings. The summed E-state index contributed by atoms with van der Waals surface area (Å²) in [5.74, 6) is 8.22. The third kappa shape index (κ3) is 17.0. The number of amides is 2. The summed E-state index contributed by atoms with van der Waals surface area (Å²) in [4.78, 5) is 40.6. The minimum absolute atomic E-state index is 0. The molecule has 2 aromatic rings. The van der Waals surface area contributed by atoms with Crippen LogP contribution in [0.25, 0.3) is 0 Å². The maximum Gasteiger partial charge on any atom is 0.421 e. The Bertz CT molecular complexity index is 3180. The lowest BCUT2D eigenvalue weighted by molar-refractivity contribution is -0.203. The number of nitrogens with one attached hydrogen (secondary N) is 2. The van der Waals surface area contributed by atoms with Gasteiger partial charge >= 0.3 is 12.2 Å². The molecule has 22 atom stereocenters. The van der Waals surface area contributed by atoms with E-state index in [-0.39, 0.29) is 82.6 Å². The summed E-state index contributed by atoms with van der Waals surface area (Å²) in [5, 5.41) is 29.5. The summed E-state index contributed by atoms with van der Waals surface area (Å²) in [6.07, 6.45) is 25.3. The van der Waals surface area contributed by atoms with Gasteiger partial charge in [0.1, 0.15) is 21.4 Å². The average molecular weight is 1550 g/mol. The average Bonchev–Trinajstić information content (AvgIpc) is 1.70. The molecule has 4 heterocycles. The van der Waals surface area contributed by atoms with E-state index >= 15 is 0 Å². The predicted octanol–water partition coefficient (Wildman–Crippen LogP) is 15.9. The molecule has 8 aliphatic carbocycles. The number of carbonyl (C=O) groups is 2. The molecule has 2 aromatic heterocycles. The van der Waals surface area contributed by atoms with Crippen molar-refractivity contribution in [2.45, 2.75) is 259 Å². The molecular formula is C77H131IN6O12S2Si. The number of rotatable bonds is 16. The fraction of sp³-hybridized carbons (Fsp3) is 0.844. The Balaban J connectivity index is 0.000000239. The quantitative estimate of drug-likeness (QED) is 0.0596. The Morgan fingerprint density at radius 3 is 1.41 bits per heavy atom. The zero-order chi connectivity index (χ0) is 71.5. The van der Waals surface area contributed by atoms with E-state index in [4.69, 9.17) is 19.0 Å². The van der Waals surface area contributed by atoms with Gasteiger partial charge in [0.05, 0.1) is 31.5 Å². The molecule has 0 spiro atoms. The summed E-state index contributed by atoms with van der Waals surface area (Å²) in [6.45, 7) is 32.6. The van der Waals surface area contributed by atoms with Crippen molar-refractivity contribution in [1.29, 1.82) is 0 Å². The fourth-order valence-corrected chi connectivity index (χ4v) is 26.2. The molecule has 22 heteroatoms. The van der Waals surface area contributed by atoms with Gasteiger partial charge in [-0.05, 0) is 281 Å². The maximum atomic E-state index is 13.1. The van der Waals surface area contributed by atoms with Crippen LogP contribution in [0.3, 0.4) is 0 Å². The summed E-state index contributed by atoms with van der Waals surface area (Å²) < 4.78 is 74.7. The van der Waals surface area contributed by atoms with Gasteiger partial charge in [-0.1, -0.05) is 112 Å². The second-order valence-electron chi connectivity index (χ2n) is 34.1. The molecule has 2 aliphatic heterocycles. The highest BCUT2D eigenvalue weighted by Crippen LogP contribution is 2.72. The molecule has 12 rings (SSSR count). The second-order valence-corrected chi connectivity index (χ2v) is 41.9. The predicted molar refractivity (Wildman–Crippen MR) is 406 cm³/mol. The van der Waals surface area contributed by atoms with Gasteiger partial charge in [0, 0.05) is 45.7 Å². The van der Waals surface area contributed by atoms with E-state index in [1.807, 2.05) is 4.93 Å². The van der Waals surface area contributed by atoms with Crippen molar-refractivity contribution in [2.24, 2.45) is 110 Å². The van der Waals surface area contributed by atoms with Crippen LogP contribution in [0.15, 0.2) is 46.5 Å². The van der Waals surface area contributed by atoms with Crippen molar-refractivity contribution in [3.05, 3.63) is 36.7 Å². The van der Waals surface area contributed by atoms with E-state index in [0.717, 1.165) is 140 Å². The first-order chi connectivity index (χ1) is 46.5. The molecule has 0 unspecified atom stereocenters. The normalized spacial score (nSPS) is 37.6. The Kier molecular flexibility index (Phi) is 27.8. The number of fused-ring (bicyclic) bond motifs is 10. The van der Waals surface area contributed by atoms with Gasteiger partial charge < -0.3 is 39.0 Å². The summed E-state index contributed by atoms with van der Waals surface area (Å²) in [6, 6.07) is 6.44. The molecule has 5 N–H and O–H groups in total. The summed E-state index contributed by atoms with van der Waals surface area (Å²) in [5.41, 5.74) is 0.729. The summed E-state index contributed by atoms with van der Waals surface area (Å²) in [7, 11) is -8.97. The highest BCUT2D eigenvalue weighted by Gasteiger charge is 2.67. The smallest absolute Gasteiger partial charge is 0.421 e. The van der Waals surface area contributed by atoms with Gasteiger partial charge in [0.15, 0.2) is 8.32 Å². The lowest BCUT2D eigenvalue weighted by Crippen LogP contribution is -2.63. The SMILES string of the molecule is C.CC[C@H]1[C@@H](O)[C@@H]2[C@H](CC[C@]3(C)[C@@H]([C@H](C)COC(=O)NS(=O)(=O)c4ccc(N5CCCCC5)nc4)CC[C@@H]23)[C@@]2(C)CC[C@@H](O)C[C@@H]12.CC[C@H]1[C@@H](O[Si](C)(C)C)[C@@H]2[C@H](CC[C@]3(C)[C@@H]([C@H](C)COC(=O)NS(=O)(=O)c4ccc(N5CCCCC5)nc4)CC[C@@H]23)[C@@]2(C)CC[C@@H](C)C[C@@H]12.CI.CO. The van der Waals surface area contributed by atoms with Crippen molar-refractivity contribution in [3.8, 4) is 0 Å². The first-order valence-corrected chi connectivity index (χ1v) is 46.7. The highest BCUT2D eigenvalue weighted by molar-refractivity contribution is 14.1. The molecule has 10 fully saturated rings. The number of sulfonamides is 2. The number of piperidine rings is 2. The first kappa shape index (κ1) is 81.8. The number of nitrogens with zero attached hydrogens (tertiary/aromatic N) is 4.